The molecule has 1 nitrogen and oxygen atoms in total. The summed E-state index contributed by atoms with van der Waals surface area (Å²) in [7, 11) is 0. The van der Waals surface area contributed by atoms with Crippen LogP contribution in [-0.2, 0) is 17.6 Å². The van der Waals surface area contributed by atoms with Crippen LogP contribution >= 0.6 is 23.4 Å². The zero-order chi connectivity index (χ0) is 13.8. The molecule has 0 heterocycles. The van der Waals surface area contributed by atoms with Crippen LogP contribution in [0.1, 0.15) is 18.1 Å². The van der Waals surface area contributed by atoms with Crippen LogP contribution < -0.4 is 0 Å². The molecule has 0 aliphatic carbocycles. The Morgan fingerprint density at radius 1 is 1.39 bits per heavy atom. The summed E-state index contributed by atoms with van der Waals surface area (Å²) >= 11 is 5.19. The van der Waals surface area contributed by atoms with Gasteiger partial charge < -0.3 is 0 Å². The largest absolute Gasteiger partial charge is 0.446 e. The normalized spacial score (nSPS) is 11.6. The van der Waals surface area contributed by atoms with Crippen molar-refractivity contribution in [2.24, 2.45) is 0 Å². The molecule has 1 rings (SSSR count). The lowest BCUT2D eigenvalue weighted by atomic mass is 10.0. The summed E-state index contributed by atoms with van der Waals surface area (Å²) < 4.78 is 37.1. The molecule has 1 aromatic carbocycles. The summed E-state index contributed by atoms with van der Waals surface area (Å²) in [4.78, 5) is 11.3. The number of aryl methyl sites for hydroxylation is 1. The smallest absolute Gasteiger partial charge is 0.298 e. The quantitative estimate of drug-likeness (QED) is 0.598. The second-order valence-corrected chi connectivity index (χ2v) is 5.07. The molecule has 0 fully saturated rings. The predicted octanol–water partition coefficient (Wildman–Crippen LogP) is 4.21. The number of thioether (sulfide) groups is 1. The van der Waals surface area contributed by atoms with E-state index in [2.05, 4.69) is 0 Å². The minimum absolute atomic E-state index is 0.0598. The van der Waals surface area contributed by atoms with Crippen LogP contribution in [0, 0.1) is 0 Å². The van der Waals surface area contributed by atoms with Gasteiger partial charge in [0, 0.05) is 11.3 Å². The Labute approximate surface area is 113 Å². The third kappa shape index (κ3) is 4.90. The van der Waals surface area contributed by atoms with Crippen LogP contribution in [0.3, 0.4) is 0 Å². The van der Waals surface area contributed by atoms with Crippen LogP contribution in [0.5, 0.6) is 0 Å². The highest BCUT2D eigenvalue weighted by molar-refractivity contribution is 8.00. The molecule has 0 radical (unpaired) electrons. The lowest BCUT2D eigenvalue weighted by Crippen LogP contribution is -2.07. The first-order valence-corrected chi connectivity index (χ1v) is 6.66. The number of hydrogen-bond acceptors (Lipinski definition) is 2. The summed E-state index contributed by atoms with van der Waals surface area (Å²) in [5, 5.41) is 0. The fraction of sp³-hybridized carbons (Fsp3) is 0.417. The van der Waals surface area contributed by atoms with Gasteiger partial charge in [0.25, 0.3) is 0 Å². The number of ketones is 1. The van der Waals surface area contributed by atoms with E-state index in [1.54, 1.807) is 12.1 Å². The lowest BCUT2D eigenvalue weighted by molar-refractivity contribution is -0.116. The Hall–Kier alpha value is -0.680. The fourth-order valence-corrected chi connectivity index (χ4v) is 2.22. The molecule has 0 atom stereocenters. The first-order chi connectivity index (χ1) is 8.35. The molecule has 1 aromatic rings. The Bertz CT molecular complexity index is 432. The average molecular weight is 297 g/mol. The van der Waals surface area contributed by atoms with E-state index in [4.69, 9.17) is 11.6 Å². The Morgan fingerprint density at radius 3 is 2.56 bits per heavy atom. The maximum atomic E-state index is 12.4. The van der Waals surface area contributed by atoms with Crippen molar-refractivity contribution in [2.45, 2.75) is 30.2 Å². The van der Waals surface area contributed by atoms with Crippen LogP contribution in [-0.4, -0.2) is 17.2 Å². The minimum atomic E-state index is -4.35. The molecule has 0 aromatic heterocycles. The van der Waals surface area contributed by atoms with Crippen molar-refractivity contribution >= 4 is 29.1 Å². The van der Waals surface area contributed by atoms with Crippen molar-refractivity contribution in [3.8, 4) is 0 Å². The number of carbonyl (C=O) groups excluding carboxylic acids is 1. The van der Waals surface area contributed by atoms with Crippen molar-refractivity contribution in [1.29, 1.82) is 0 Å². The number of benzene rings is 1. The van der Waals surface area contributed by atoms with Gasteiger partial charge in [0.15, 0.2) is 5.78 Å². The topological polar surface area (TPSA) is 17.1 Å². The van der Waals surface area contributed by atoms with Gasteiger partial charge in [-0.15, -0.1) is 11.6 Å². The van der Waals surface area contributed by atoms with E-state index in [9.17, 15) is 18.0 Å². The molecular weight excluding hydrogens is 285 g/mol. The van der Waals surface area contributed by atoms with Crippen LogP contribution in [0.25, 0.3) is 0 Å². The van der Waals surface area contributed by atoms with E-state index in [1.807, 2.05) is 6.92 Å². The highest BCUT2D eigenvalue weighted by Crippen LogP contribution is 2.39. The minimum Gasteiger partial charge on any atom is -0.298 e. The van der Waals surface area contributed by atoms with Gasteiger partial charge in [-0.3, -0.25) is 4.79 Å². The van der Waals surface area contributed by atoms with Gasteiger partial charge in [0.05, 0.1) is 5.88 Å². The van der Waals surface area contributed by atoms with Gasteiger partial charge in [0.1, 0.15) is 0 Å². The van der Waals surface area contributed by atoms with E-state index in [0.717, 1.165) is 5.56 Å². The van der Waals surface area contributed by atoms with E-state index >= 15 is 0 Å². The van der Waals surface area contributed by atoms with Crippen molar-refractivity contribution in [1.82, 2.24) is 0 Å². The van der Waals surface area contributed by atoms with E-state index in [0.29, 0.717) is 12.0 Å². The van der Waals surface area contributed by atoms with Gasteiger partial charge in [-0.25, -0.2) is 0 Å². The van der Waals surface area contributed by atoms with Gasteiger partial charge in [-0.2, -0.15) is 13.2 Å². The van der Waals surface area contributed by atoms with E-state index in [1.165, 1.54) is 6.07 Å². The predicted molar refractivity (Wildman–Crippen MR) is 67.2 cm³/mol. The second kappa shape index (κ2) is 6.48. The van der Waals surface area contributed by atoms with Crippen molar-refractivity contribution < 1.29 is 18.0 Å². The number of hydrogen-bond donors (Lipinski definition) is 0. The number of Topliss-reactive ketones (excluding diaryl/α,β-unsaturated/α-hetero) is 1. The first kappa shape index (κ1) is 15.4. The van der Waals surface area contributed by atoms with Crippen LogP contribution in [0.4, 0.5) is 13.2 Å². The molecule has 0 amide bonds. The fourth-order valence-electron chi connectivity index (χ4n) is 1.47. The third-order valence-corrected chi connectivity index (χ3v) is 3.44. The molecule has 0 aliphatic rings. The highest BCUT2D eigenvalue weighted by Gasteiger charge is 2.30. The van der Waals surface area contributed by atoms with Gasteiger partial charge in [-0.1, -0.05) is 19.1 Å². The van der Waals surface area contributed by atoms with Gasteiger partial charge in [0.2, 0.25) is 0 Å². The molecule has 0 aliphatic heterocycles. The number of carbonyl (C=O) groups is 1. The maximum absolute atomic E-state index is 12.4. The number of halogens is 4. The average Bonchev–Trinajstić information content (AvgIpc) is 2.29. The number of rotatable bonds is 5. The summed E-state index contributed by atoms with van der Waals surface area (Å²) in [5.41, 5.74) is -3.06. The molecule has 100 valence electrons. The first-order valence-electron chi connectivity index (χ1n) is 5.31. The Balaban J connectivity index is 3.04. The third-order valence-electron chi connectivity index (χ3n) is 2.30. The lowest BCUT2D eigenvalue weighted by Gasteiger charge is -2.12. The Morgan fingerprint density at radius 2 is 2.06 bits per heavy atom. The summed E-state index contributed by atoms with van der Waals surface area (Å²) in [6.07, 6.45) is 0.648. The molecule has 18 heavy (non-hydrogen) atoms. The number of alkyl halides is 4. The van der Waals surface area contributed by atoms with Gasteiger partial charge >= 0.3 is 5.51 Å². The van der Waals surface area contributed by atoms with Crippen molar-refractivity contribution in [3.05, 3.63) is 29.3 Å². The molecule has 0 saturated heterocycles. The van der Waals surface area contributed by atoms with Crippen LogP contribution in [0.15, 0.2) is 23.1 Å². The molecule has 0 N–H and O–H groups in total. The molecule has 0 spiro atoms. The zero-order valence-electron chi connectivity index (χ0n) is 9.68. The second-order valence-electron chi connectivity index (χ2n) is 3.69. The molecule has 0 unspecified atom stereocenters. The molecule has 0 bridgehead atoms. The van der Waals surface area contributed by atoms with E-state index in [-0.39, 0.29) is 34.7 Å². The molecular formula is C12H12ClF3OS. The van der Waals surface area contributed by atoms with Crippen molar-refractivity contribution in [2.75, 3.05) is 5.88 Å². The monoisotopic (exact) mass is 296 g/mol. The Kier molecular flexibility index (Phi) is 5.53. The standard InChI is InChI=1S/C12H12ClF3OS/c1-2-8-3-4-11(18-12(14,15)16)9(5-8)6-10(17)7-13/h3-5H,2,6-7H2,1H3. The maximum Gasteiger partial charge on any atom is 0.446 e. The summed E-state index contributed by atoms with van der Waals surface area (Å²) in [5.74, 6) is -0.471. The van der Waals surface area contributed by atoms with Crippen molar-refractivity contribution in [3.63, 3.8) is 0 Å². The summed E-state index contributed by atoms with van der Waals surface area (Å²) in [6.45, 7) is 1.90. The molecule has 0 saturated carbocycles. The van der Waals surface area contributed by atoms with E-state index < -0.39 is 5.51 Å². The van der Waals surface area contributed by atoms with Gasteiger partial charge in [-0.05, 0) is 35.4 Å². The SMILES string of the molecule is CCc1ccc(SC(F)(F)F)c(CC(=O)CCl)c1. The zero-order valence-corrected chi connectivity index (χ0v) is 11.3. The van der Waals surface area contributed by atoms with Crippen LogP contribution in [0.2, 0.25) is 0 Å². The summed E-state index contributed by atoms with van der Waals surface area (Å²) in [6, 6.07) is 4.69. The molecule has 6 heteroatoms. The highest BCUT2D eigenvalue weighted by atomic mass is 35.5.